The van der Waals surface area contributed by atoms with Gasteiger partial charge in [0, 0.05) is 23.6 Å². The largest absolute Gasteiger partial charge is 0.468 e. The van der Waals surface area contributed by atoms with E-state index in [4.69, 9.17) is 0 Å². The molecule has 0 saturated heterocycles. The zero-order valence-electron chi connectivity index (χ0n) is 12.3. The number of benzene rings is 1. The van der Waals surface area contributed by atoms with E-state index >= 15 is 0 Å². The molecule has 8 heteroatoms. The molecule has 6 nitrogen and oxygen atoms in total. The highest BCUT2D eigenvalue weighted by molar-refractivity contribution is 7.99. The van der Waals surface area contributed by atoms with E-state index in [1.54, 1.807) is 11.8 Å². The van der Waals surface area contributed by atoms with E-state index in [1.165, 1.54) is 0 Å². The van der Waals surface area contributed by atoms with Crippen LogP contribution in [-0.2, 0) is 24.2 Å². The maximum absolute atomic E-state index is 11.6. The van der Waals surface area contributed by atoms with E-state index in [9.17, 15) is 18.0 Å². The summed E-state index contributed by atoms with van der Waals surface area (Å²) in [7, 11) is -2.48. The van der Waals surface area contributed by atoms with Gasteiger partial charge in [-0.2, -0.15) is 0 Å². The molecule has 0 spiro atoms. The second-order valence-corrected chi connectivity index (χ2v) is 7.78. The van der Waals surface area contributed by atoms with Crippen LogP contribution in [0.3, 0.4) is 0 Å². The number of sulfone groups is 1. The number of carbonyl (C=O) groups is 2. The minimum Gasteiger partial charge on any atom is -0.468 e. The summed E-state index contributed by atoms with van der Waals surface area (Å²) in [4.78, 5) is 23.6. The van der Waals surface area contributed by atoms with Gasteiger partial charge in [-0.1, -0.05) is 18.2 Å². The molecule has 0 bridgehead atoms. The zero-order valence-corrected chi connectivity index (χ0v) is 13.9. The summed E-state index contributed by atoms with van der Waals surface area (Å²) < 4.78 is 27.4. The number of rotatable bonds is 9. The number of esters is 1. The van der Waals surface area contributed by atoms with Crippen molar-refractivity contribution in [2.75, 3.05) is 30.9 Å². The molecule has 0 fully saturated rings. The monoisotopic (exact) mass is 345 g/mol. The molecule has 1 N–H and O–H groups in total. The van der Waals surface area contributed by atoms with Crippen LogP contribution >= 0.6 is 11.8 Å². The lowest BCUT2D eigenvalue weighted by Crippen LogP contribution is -2.29. The Hall–Kier alpha value is -1.54. The van der Waals surface area contributed by atoms with Crippen molar-refractivity contribution in [3.8, 4) is 0 Å². The second-order valence-electron chi connectivity index (χ2n) is 4.43. The Kier molecular flexibility index (Phi) is 7.97. The first-order chi connectivity index (χ1) is 10.4. The quantitative estimate of drug-likeness (QED) is 0.406. The SMILES string of the molecule is COC(=O)CS(=O)(=O)CCC(=O)NCCSc1ccccc1. The number of hydrogen-bond donors (Lipinski definition) is 1. The molecule has 0 unspecified atom stereocenters. The summed E-state index contributed by atoms with van der Waals surface area (Å²) in [5.41, 5.74) is 0. The highest BCUT2D eigenvalue weighted by Crippen LogP contribution is 2.15. The van der Waals surface area contributed by atoms with Gasteiger partial charge in [0.25, 0.3) is 0 Å². The average molecular weight is 345 g/mol. The summed E-state index contributed by atoms with van der Waals surface area (Å²) in [6, 6.07) is 9.76. The molecule has 0 atom stereocenters. The third kappa shape index (κ3) is 8.04. The number of hydrogen-bond acceptors (Lipinski definition) is 6. The highest BCUT2D eigenvalue weighted by atomic mass is 32.2. The van der Waals surface area contributed by atoms with Crippen molar-refractivity contribution < 1.29 is 22.7 Å². The van der Waals surface area contributed by atoms with Gasteiger partial charge in [0.15, 0.2) is 9.84 Å². The Morgan fingerprint density at radius 3 is 2.55 bits per heavy atom. The predicted molar refractivity (Wildman–Crippen MR) is 85.5 cm³/mol. The lowest BCUT2D eigenvalue weighted by Gasteiger charge is -2.06. The van der Waals surface area contributed by atoms with Gasteiger partial charge in [-0.05, 0) is 12.1 Å². The number of methoxy groups -OCH3 is 1. The standard InChI is InChI=1S/C14H19NO5S2/c1-20-14(17)11-22(18,19)10-7-13(16)15-8-9-21-12-5-3-2-4-6-12/h2-6H,7-11H2,1H3,(H,15,16). The summed E-state index contributed by atoms with van der Waals surface area (Å²) >= 11 is 1.60. The fourth-order valence-corrected chi connectivity index (χ4v) is 3.43. The molecule has 22 heavy (non-hydrogen) atoms. The molecule has 0 aliphatic carbocycles. The number of carbonyl (C=O) groups excluding carboxylic acids is 2. The van der Waals surface area contributed by atoms with Crippen LogP contribution in [0.1, 0.15) is 6.42 Å². The van der Waals surface area contributed by atoms with Gasteiger partial charge in [0.2, 0.25) is 5.91 Å². The van der Waals surface area contributed by atoms with Gasteiger partial charge in [0.1, 0.15) is 5.75 Å². The molecule has 0 saturated carbocycles. The summed E-state index contributed by atoms with van der Waals surface area (Å²) in [6.07, 6.45) is -0.157. The van der Waals surface area contributed by atoms with Crippen LogP contribution in [0.4, 0.5) is 0 Å². The Balaban J connectivity index is 2.19. The van der Waals surface area contributed by atoms with Crippen molar-refractivity contribution in [3.05, 3.63) is 30.3 Å². The second kappa shape index (κ2) is 9.47. The van der Waals surface area contributed by atoms with Crippen LogP contribution < -0.4 is 5.32 Å². The van der Waals surface area contributed by atoms with Crippen LogP contribution in [0.2, 0.25) is 0 Å². The summed E-state index contributed by atoms with van der Waals surface area (Å²) in [5, 5.41) is 2.65. The van der Waals surface area contributed by atoms with Crippen LogP contribution in [0.25, 0.3) is 0 Å². The van der Waals surface area contributed by atoms with Gasteiger partial charge >= 0.3 is 5.97 Å². The molecule has 1 aromatic carbocycles. The molecule has 122 valence electrons. The van der Waals surface area contributed by atoms with E-state index in [1.807, 2.05) is 30.3 Å². The summed E-state index contributed by atoms with van der Waals surface area (Å²) in [6.45, 7) is 0.454. The number of amides is 1. The fourth-order valence-electron chi connectivity index (χ4n) is 1.52. The van der Waals surface area contributed by atoms with Gasteiger partial charge in [-0.3, -0.25) is 9.59 Å². The lowest BCUT2D eigenvalue weighted by atomic mass is 10.4. The Bertz CT molecular complexity index is 587. The van der Waals surface area contributed by atoms with Crippen molar-refractivity contribution in [1.82, 2.24) is 5.32 Å². The fraction of sp³-hybridized carbons (Fsp3) is 0.429. The van der Waals surface area contributed by atoms with E-state index < -0.39 is 21.6 Å². The topological polar surface area (TPSA) is 89.5 Å². The van der Waals surface area contributed by atoms with Gasteiger partial charge < -0.3 is 10.1 Å². The molecule has 1 aromatic rings. The van der Waals surface area contributed by atoms with Gasteiger partial charge in [-0.15, -0.1) is 11.8 Å². The number of ether oxygens (including phenoxy) is 1. The highest BCUT2D eigenvalue weighted by Gasteiger charge is 2.18. The van der Waals surface area contributed by atoms with Crippen molar-refractivity contribution in [2.45, 2.75) is 11.3 Å². The predicted octanol–water partition coefficient (Wildman–Crippen LogP) is 0.873. The van der Waals surface area contributed by atoms with Crippen molar-refractivity contribution >= 4 is 33.5 Å². The zero-order chi connectivity index (χ0) is 16.4. The van der Waals surface area contributed by atoms with Gasteiger partial charge in [0.05, 0.1) is 12.9 Å². The van der Waals surface area contributed by atoms with E-state index in [0.29, 0.717) is 12.3 Å². The van der Waals surface area contributed by atoms with Crippen molar-refractivity contribution in [3.63, 3.8) is 0 Å². The molecular formula is C14H19NO5S2. The van der Waals surface area contributed by atoms with E-state index in [2.05, 4.69) is 10.1 Å². The normalized spacial score (nSPS) is 11.0. The van der Waals surface area contributed by atoms with E-state index in [-0.39, 0.29) is 18.1 Å². The van der Waals surface area contributed by atoms with Crippen molar-refractivity contribution in [1.29, 1.82) is 0 Å². The number of nitrogens with one attached hydrogen (secondary N) is 1. The first kappa shape index (κ1) is 18.5. The molecule has 0 aliphatic rings. The number of thioether (sulfide) groups is 1. The minimum absolute atomic E-state index is 0.157. The minimum atomic E-state index is -3.60. The Labute approximate surface area is 134 Å². The average Bonchev–Trinajstić information content (AvgIpc) is 2.50. The first-order valence-corrected chi connectivity index (χ1v) is 9.45. The van der Waals surface area contributed by atoms with Crippen molar-refractivity contribution in [2.24, 2.45) is 0 Å². The third-order valence-electron chi connectivity index (χ3n) is 2.64. The molecule has 0 aromatic heterocycles. The first-order valence-electron chi connectivity index (χ1n) is 6.65. The smallest absolute Gasteiger partial charge is 0.320 e. The van der Waals surface area contributed by atoms with E-state index in [0.717, 1.165) is 12.0 Å². The molecule has 1 rings (SSSR count). The Morgan fingerprint density at radius 2 is 1.91 bits per heavy atom. The third-order valence-corrected chi connectivity index (χ3v) is 5.16. The molecule has 1 amide bonds. The van der Waals surface area contributed by atoms with Crippen LogP contribution in [0.15, 0.2) is 35.2 Å². The maximum Gasteiger partial charge on any atom is 0.320 e. The van der Waals surface area contributed by atoms with Gasteiger partial charge in [-0.25, -0.2) is 8.42 Å². The van der Waals surface area contributed by atoms with Crippen LogP contribution in [-0.4, -0.2) is 51.2 Å². The van der Waals surface area contributed by atoms with Crippen LogP contribution in [0.5, 0.6) is 0 Å². The maximum atomic E-state index is 11.6. The molecule has 0 radical (unpaired) electrons. The molecule has 0 heterocycles. The lowest BCUT2D eigenvalue weighted by molar-refractivity contribution is -0.137. The summed E-state index contributed by atoms with van der Waals surface area (Å²) in [5.74, 6) is -1.52. The Morgan fingerprint density at radius 1 is 1.23 bits per heavy atom. The molecular weight excluding hydrogens is 326 g/mol. The van der Waals surface area contributed by atoms with Crippen LogP contribution in [0, 0.1) is 0 Å². The molecule has 0 aliphatic heterocycles.